The van der Waals surface area contributed by atoms with Gasteiger partial charge in [-0.15, -0.1) is 0 Å². The fourth-order valence-corrected chi connectivity index (χ4v) is 3.82. The van der Waals surface area contributed by atoms with Gasteiger partial charge in [-0.25, -0.2) is 9.07 Å². The highest BCUT2D eigenvalue weighted by atomic mass is 19.1. The van der Waals surface area contributed by atoms with E-state index in [4.69, 9.17) is 0 Å². The number of aromatic amines is 1. The second-order valence-corrected chi connectivity index (χ2v) is 8.41. The average molecular weight is 425 g/mol. The van der Waals surface area contributed by atoms with Gasteiger partial charge in [-0.1, -0.05) is 0 Å². The minimum atomic E-state index is -0.256. The van der Waals surface area contributed by atoms with Crippen LogP contribution in [-0.2, 0) is 11.2 Å². The van der Waals surface area contributed by atoms with Crippen molar-refractivity contribution in [2.24, 2.45) is 5.92 Å². The van der Waals surface area contributed by atoms with Crippen molar-refractivity contribution in [1.29, 1.82) is 0 Å². The number of likely N-dealkylation sites (N-methyl/N-ethyl adjacent to an activating group) is 1. The second-order valence-electron chi connectivity index (χ2n) is 8.41. The molecule has 3 aromatic rings. The van der Waals surface area contributed by atoms with Crippen LogP contribution >= 0.6 is 0 Å². The number of H-pyrrole nitrogens is 1. The summed E-state index contributed by atoms with van der Waals surface area (Å²) < 4.78 is 15.0. The molecule has 8 heteroatoms. The maximum absolute atomic E-state index is 13.1. The van der Waals surface area contributed by atoms with E-state index in [0.717, 1.165) is 42.2 Å². The van der Waals surface area contributed by atoms with Crippen molar-refractivity contribution in [2.45, 2.75) is 38.6 Å². The summed E-state index contributed by atoms with van der Waals surface area (Å²) in [7, 11) is 1.95. The molecule has 0 aliphatic heterocycles. The maximum Gasteiger partial charge on any atom is 0.239 e. The molecule has 4 rings (SSSR count). The molecule has 1 atom stereocenters. The fraction of sp³-hybridized carbons (Fsp3) is 0.435. The molecular weight excluding hydrogens is 395 g/mol. The van der Waals surface area contributed by atoms with E-state index in [2.05, 4.69) is 27.5 Å². The minimum absolute atomic E-state index is 0.0348. The van der Waals surface area contributed by atoms with Crippen LogP contribution < -0.4 is 5.32 Å². The summed E-state index contributed by atoms with van der Waals surface area (Å²) in [6.45, 7) is 3.27. The van der Waals surface area contributed by atoms with Crippen LogP contribution in [0.25, 0.3) is 11.3 Å². The average Bonchev–Trinajstić information content (AvgIpc) is 3.32. The summed E-state index contributed by atoms with van der Waals surface area (Å²) >= 11 is 0. The van der Waals surface area contributed by atoms with E-state index in [-0.39, 0.29) is 11.7 Å². The van der Waals surface area contributed by atoms with Crippen molar-refractivity contribution in [1.82, 2.24) is 24.9 Å². The standard InChI is InChI=1S/C23H29FN6O/c1-16(17-5-6-17)30-22(11-12-25-30)26-23(31)15-29(2)13-3-4-20-14-21(28-27-20)18-7-9-19(24)10-8-18/h7-12,14,16-17H,3-6,13,15H2,1-2H3,(H,26,31)(H,27,28). The molecule has 1 unspecified atom stereocenters. The van der Waals surface area contributed by atoms with Crippen molar-refractivity contribution in [3.05, 3.63) is 54.1 Å². The van der Waals surface area contributed by atoms with Crippen LogP contribution in [0.2, 0.25) is 0 Å². The summed E-state index contributed by atoms with van der Waals surface area (Å²) in [5, 5.41) is 14.7. The summed E-state index contributed by atoms with van der Waals surface area (Å²) in [5.41, 5.74) is 2.71. The van der Waals surface area contributed by atoms with Gasteiger partial charge in [0.2, 0.25) is 5.91 Å². The number of aryl methyl sites for hydroxylation is 1. The molecule has 7 nitrogen and oxygen atoms in total. The van der Waals surface area contributed by atoms with Crippen molar-refractivity contribution in [3.8, 4) is 11.3 Å². The van der Waals surface area contributed by atoms with Crippen LogP contribution in [0.1, 0.15) is 37.9 Å². The molecule has 0 saturated heterocycles. The van der Waals surface area contributed by atoms with Gasteiger partial charge in [-0.2, -0.15) is 10.2 Å². The van der Waals surface area contributed by atoms with E-state index in [1.54, 1.807) is 18.3 Å². The first-order valence-electron chi connectivity index (χ1n) is 10.8. The Labute approximate surface area is 181 Å². The normalized spacial score (nSPS) is 14.7. The Kier molecular flexibility index (Phi) is 6.46. The number of hydrogen-bond donors (Lipinski definition) is 2. The molecule has 31 heavy (non-hydrogen) atoms. The van der Waals surface area contributed by atoms with Gasteiger partial charge in [0.1, 0.15) is 11.6 Å². The van der Waals surface area contributed by atoms with Gasteiger partial charge in [0.15, 0.2) is 0 Å². The number of hydrogen-bond acceptors (Lipinski definition) is 4. The van der Waals surface area contributed by atoms with Gasteiger partial charge in [-0.05, 0) is 82.4 Å². The van der Waals surface area contributed by atoms with Gasteiger partial charge >= 0.3 is 0 Å². The monoisotopic (exact) mass is 424 g/mol. The fourth-order valence-electron chi connectivity index (χ4n) is 3.82. The predicted octanol–water partition coefficient (Wildman–Crippen LogP) is 3.89. The van der Waals surface area contributed by atoms with Crippen molar-refractivity contribution < 1.29 is 9.18 Å². The van der Waals surface area contributed by atoms with Gasteiger partial charge in [0.25, 0.3) is 0 Å². The summed E-state index contributed by atoms with van der Waals surface area (Å²) in [6, 6.07) is 10.5. The van der Waals surface area contributed by atoms with Gasteiger partial charge in [0, 0.05) is 17.3 Å². The smallest absolute Gasteiger partial charge is 0.239 e. The Morgan fingerprint density at radius 3 is 2.84 bits per heavy atom. The van der Waals surface area contributed by atoms with Crippen molar-refractivity contribution in [3.63, 3.8) is 0 Å². The molecule has 2 N–H and O–H groups in total. The summed E-state index contributed by atoms with van der Waals surface area (Å²) in [4.78, 5) is 14.5. The third kappa shape index (κ3) is 5.58. The first-order valence-corrected chi connectivity index (χ1v) is 10.8. The van der Waals surface area contributed by atoms with E-state index < -0.39 is 0 Å². The molecule has 164 valence electrons. The van der Waals surface area contributed by atoms with Crippen LogP contribution in [0.15, 0.2) is 42.6 Å². The Bertz CT molecular complexity index is 1010. The highest BCUT2D eigenvalue weighted by Crippen LogP contribution is 2.40. The molecule has 1 aliphatic carbocycles. The first-order chi connectivity index (χ1) is 15.0. The molecule has 1 aliphatic rings. The number of nitrogens with zero attached hydrogens (tertiary/aromatic N) is 4. The number of benzene rings is 1. The van der Waals surface area contributed by atoms with E-state index in [1.165, 1.54) is 25.0 Å². The Morgan fingerprint density at radius 1 is 1.32 bits per heavy atom. The molecule has 0 bridgehead atoms. The topological polar surface area (TPSA) is 78.8 Å². The number of aromatic nitrogens is 4. The van der Waals surface area contributed by atoms with Gasteiger partial charge < -0.3 is 5.32 Å². The maximum atomic E-state index is 13.1. The molecule has 1 aromatic carbocycles. The summed E-state index contributed by atoms with van der Waals surface area (Å²) in [5.74, 6) is 1.15. The number of halogens is 1. The third-order valence-corrected chi connectivity index (χ3v) is 5.80. The molecule has 1 fully saturated rings. The Hall–Kier alpha value is -3.00. The summed E-state index contributed by atoms with van der Waals surface area (Å²) in [6.07, 6.45) is 5.93. The van der Waals surface area contributed by atoms with E-state index >= 15 is 0 Å². The van der Waals surface area contributed by atoms with Crippen LogP contribution in [0.4, 0.5) is 10.2 Å². The zero-order valence-corrected chi connectivity index (χ0v) is 18.0. The van der Waals surface area contributed by atoms with E-state index in [0.29, 0.717) is 18.5 Å². The quantitative estimate of drug-likeness (QED) is 0.518. The number of carbonyl (C=O) groups is 1. The molecule has 2 heterocycles. The molecule has 1 saturated carbocycles. The molecular formula is C23H29FN6O. The van der Waals surface area contributed by atoms with Crippen LogP contribution in [-0.4, -0.2) is 50.9 Å². The second kappa shape index (κ2) is 9.43. The number of rotatable bonds is 10. The van der Waals surface area contributed by atoms with Crippen LogP contribution in [0, 0.1) is 11.7 Å². The molecule has 1 amide bonds. The number of amides is 1. The Morgan fingerprint density at radius 2 is 2.10 bits per heavy atom. The lowest BCUT2D eigenvalue weighted by atomic mass is 10.1. The van der Waals surface area contributed by atoms with E-state index in [9.17, 15) is 9.18 Å². The lowest BCUT2D eigenvalue weighted by Gasteiger charge is -2.18. The highest BCUT2D eigenvalue weighted by molar-refractivity contribution is 5.91. The lowest BCUT2D eigenvalue weighted by molar-refractivity contribution is -0.117. The zero-order chi connectivity index (χ0) is 21.8. The van der Waals surface area contributed by atoms with E-state index in [1.807, 2.05) is 28.8 Å². The van der Waals surface area contributed by atoms with Crippen molar-refractivity contribution >= 4 is 11.7 Å². The third-order valence-electron chi connectivity index (χ3n) is 5.80. The first kappa shape index (κ1) is 21.2. The molecule has 0 spiro atoms. The number of carbonyl (C=O) groups excluding carboxylic acids is 1. The minimum Gasteiger partial charge on any atom is -0.310 e. The van der Waals surface area contributed by atoms with Crippen LogP contribution in [0.5, 0.6) is 0 Å². The molecule has 2 aromatic heterocycles. The highest BCUT2D eigenvalue weighted by Gasteiger charge is 2.30. The molecule has 0 radical (unpaired) electrons. The SMILES string of the molecule is CC(C1CC1)n1nccc1NC(=O)CN(C)CCCc1cc(-c2ccc(F)cc2)n[nH]1. The van der Waals surface area contributed by atoms with Crippen LogP contribution in [0.3, 0.4) is 0 Å². The number of nitrogens with one attached hydrogen (secondary N) is 2. The largest absolute Gasteiger partial charge is 0.310 e. The van der Waals surface area contributed by atoms with Crippen molar-refractivity contribution in [2.75, 3.05) is 25.5 Å². The van der Waals surface area contributed by atoms with Gasteiger partial charge in [0.05, 0.1) is 24.5 Å². The Balaban J connectivity index is 1.21. The zero-order valence-electron chi connectivity index (χ0n) is 18.0. The lowest BCUT2D eigenvalue weighted by Crippen LogP contribution is -2.32. The number of anilines is 1. The predicted molar refractivity (Wildman–Crippen MR) is 118 cm³/mol. The van der Waals surface area contributed by atoms with Gasteiger partial charge in [-0.3, -0.25) is 14.8 Å².